The first-order chi connectivity index (χ1) is 17.3. The Kier molecular flexibility index (Phi) is 7.53. The maximum absolute atomic E-state index is 13.0. The predicted molar refractivity (Wildman–Crippen MR) is 131 cm³/mol. The summed E-state index contributed by atoms with van der Waals surface area (Å²) < 4.78 is 48.0. The average Bonchev–Trinajstić information content (AvgIpc) is 3.36. The zero-order valence-corrected chi connectivity index (χ0v) is 19.6. The molecule has 0 bridgehead atoms. The molecule has 192 valence electrons. The van der Waals surface area contributed by atoms with Gasteiger partial charge in [-0.1, -0.05) is 5.22 Å². The van der Waals surface area contributed by atoms with E-state index in [-0.39, 0.29) is 7.33 Å². The number of fused-ring (bicyclic) bond motifs is 3. The van der Waals surface area contributed by atoms with Crippen molar-refractivity contribution in [2.75, 3.05) is 26.3 Å². The molecule has 0 atom stereocenters. The summed E-state index contributed by atoms with van der Waals surface area (Å²) in [6.07, 6.45) is -1.21. The van der Waals surface area contributed by atoms with Gasteiger partial charge in [-0.3, -0.25) is 14.0 Å². The molecule has 0 aliphatic heterocycles. The van der Waals surface area contributed by atoms with E-state index in [0.717, 1.165) is 34.8 Å². The number of halogens is 3. The van der Waals surface area contributed by atoms with Crippen molar-refractivity contribution in [1.82, 2.24) is 19.7 Å². The Bertz CT molecular complexity index is 1380. The minimum Gasteiger partial charge on any atom is -0.381 e. The summed E-state index contributed by atoms with van der Waals surface area (Å²) >= 11 is 0. The van der Waals surface area contributed by atoms with Gasteiger partial charge in [0.2, 0.25) is 0 Å². The Morgan fingerprint density at radius 3 is 2.61 bits per heavy atom. The van der Waals surface area contributed by atoms with Gasteiger partial charge >= 0.3 is 6.18 Å². The molecular formula is C24H28F3N7O2. The van der Waals surface area contributed by atoms with Crippen LogP contribution in [0.2, 0.25) is 0 Å². The molecule has 9 nitrogen and oxygen atoms in total. The summed E-state index contributed by atoms with van der Waals surface area (Å²) in [5, 5.41) is 15.8. The third-order valence-electron chi connectivity index (χ3n) is 5.64. The van der Waals surface area contributed by atoms with Gasteiger partial charge in [0.15, 0.2) is 5.65 Å². The number of aromatic nitrogens is 3. The molecule has 1 amide bonds. The molecule has 0 spiro atoms. The summed E-state index contributed by atoms with van der Waals surface area (Å²) in [6, 6.07) is 10.2. The molecule has 4 aromatic rings. The van der Waals surface area contributed by atoms with Crippen molar-refractivity contribution >= 4 is 27.8 Å². The number of carbonyl (C=O) groups excluding carboxylic acids is 1. The number of alkyl halides is 3. The van der Waals surface area contributed by atoms with Crippen LogP contribution in [0.5, 0.6) is 0 Å². The van der Waals surface area contributed by atoms with Gasteiger partial charge in [-0.05, 0) is 55.3 Å². The zero-order valence-electron chi connectivity index (χ0n) is 19.6. The fourth-order valence-electron chi connectivity index (χ4n) is 3.97. The van der Waals surface area contributed by atoms with E-state index in [1.807, 2.05) is 6.20 Å². The highest BCUT2D eigenvalue weighted by Crippen LogP contribution is 2.34. The Labute approximate surface area is 206 Å². The lowest BCUT2D eigenvalue weighted by Crippen LogP contribution is -2.25. The first-order valence-electron chi connectivity index (χ1n) is 11.4. The first kappa shape index (κ1) is 25.2. The second-order valence-corrected chi connectivity index (χ2v) is 8.21. The lowest BCUT2D eigenvalue weighted by molar-refractivity contribution is -0.137. The normalized spacial score (nSPS) is 12.2. The first-order valence-corrected chi connectivity index (χ1v) is 11.4. The summed E-state index contributed by atoms with van der Waals surface area (Å²) in [6.45, 7) is 2.01. The third-order valence-corrected chi connectivity index (χ3v) is 5.64. The Morgan fingerprint density at radius 2 is 1.89 bits per heavy atom. The van der Waals surface area contributed by atoms with Gasteiger partial charge in [0.05, 0.1) is 17.6 Å². The predicted octanol–water partition coefficient (Wildman–Crippen LogP) is 4.63. The standard InChI is InChI=1S/C24H26F3N7O2.H2/c1-33-15-20-19-14-16(23(35)29-10-2-12-36-13-3-11-30-32-28)4-9-21(19)34(22(20)31-33)18-7-5-17(6-8-18)24(25,26)27;/h4-9,14-15H,2-3,10-13H2,1H3,(H2,28,30)(H,29,35);1H. The van der Waals surface area contributed by atoms with Gasteiger partial charge in [0.1, 0.15) is 0 Å². The van der Waals surface area contributed by atoms with E-state index in [9.17, 15) is 18.0 Å². The number of nitrogens with zero attached hydrogens (tertiary/aromatic N) is 5. The fraction of sp³-hybridized carbons (Fsp3) is 0.333. The van der Waals surface area contributed by atoms with E-state index in [2.05, 4.69) is 20.8 Å². The van der Waals surface area contributed by atoms with Crippen molar-refractivity contribution in [3.63, 3.8) is 0 Å². The molecule has 2 aromatic carbocycles. The van der Waals surface area contributed by atoms with Crippen LogP contribution >= 0.6 is 0 Å². The quantitative estimate of drug-likeness (QED) is 0.142. The van der Waals surface area contributed by atoms with E-state index in [1.165, 1.54) is 12.1 Å². The largest absolute Gasteiger partial charge is 0.416 e. The van der Waals surface area contributed by atoms with E-state index in [0.29, 0.717) is 49.6 Å². The molecule has 3 N–H and O–H groups in total. The molecule has 0 aliphatic carbocycles. The highest BCUT2D eigenvalue weighted by Gasteiger charge is 2.30. The second kappa shape index (κ2) is 10.8. The number of nitrogens with one attached hydrogen (secondary N) is 1. The number of benzene rings is 2. The Hall–Kier alpha value is -3.93. The van der Waals surface area contributed by atoms with Gasteiger partial charge in [0.25, 0.3) is 5.91 Å². The molecule has 0 saturated heterocycles. The van der Waals surface area contributed by atoms with Crippen molar-refractivity contribution in [1.29, 1.82) is 0 Å². The third kappa shape index (κ3) is 5.48. The monoisotopic (exact) mass is 503 g/mol. The van der Waals surface area contributed by atoms with E-state index in [1.54, 1.807) is 34.5 Å². The van der Waals surface area contributed by atoms with Crippen LogP contribution in [0.4, 0.5) is 13.2 Å². The van der Waals surface area contributed by atoms with Gasteiger partial charge in [-0.15, -0.1) is 0 Å². The zero-order chi connectivity index (χ0) is 25.7. The number of amides is 1. The SMILES string of the molecule is Cn1cc2c3cc(C(=O)NCCCOCCCN=NN)ccc3n(-c3ccc(C(F)(F)F)cc3)c2n1.[HH]. The van der Waals surface area contributed by atoms with Crippen molar-refractivity contribution in [2.45, 2.75) is 19.0 Å². The Balaban J connectivity index is 0.00000380. The minimum absolute atomic E-state index is 0. The van der Waals surface area contributed by atoms with Gasteiger partial charge in [-0.2, -0.15) is 23.4 Å². The van der Waals surface area contributed by atoms with E-state index < -0.39 is 11.7 Å². The molecule has 0 unspecified atom stereocenters. The number of nitrogens with two attached hydrogens (primary N) is 1. The molecule has 0 aliphatic rings. The van der Waals surface area contributed by atoms with Crippen LogP contribution in [0.1, 0.15) is 30.2 Å². The van der Waals surface area contributed by atoms with Gasteiger partial charge in [0, 0.05) is 56.5 Å². The molecule has 2 heterocycles. The smallest absolute Gasteiger partial charge is 0.381 e. The highest BCUT2D eigenvalue weighted by molar-refractivity contribution is 6.10. The van der Waals surface area contributed by atoms with Crippen LogP contribution in [-0.2, 0) is 18.0 Å². The summed E-state index contributed by atoms with van der Waals surface area (Å²) in [4.78, 5) is 12.7. The summed E-state index contributed by atoms with van der Waals surface area (Å²) in [7, 11) is 1.77. The fourth-order valence-corrected chi connectivity index (χ4v) is 3.97. The van der Waals surface area contributed by atoms with Gasteiger partial charge in [-0.25, -0.2) is 0 Å². The van der Waals surface area contributed by atoms with Crippen LogP contribution < -0.4 is 11.2 Å². The van der Waals surface area contributed by atoms with Crippen molar-refractivity contribution in [3.05, 3.63) is 59.8 Å². The van der Waals surface area contributed by atoms with Crippen LogP contribution in [0.15, 0.2) is 59.0 Å². The van der Waals surface area contributed by atoms with Crippen molar-refractivity contribution < 1.29 is 24.1 Å². The molecule has 4 rings (SSSR count). The molecular weight excluding hydrogens is 475 g/mol. The summed E-state index contributed by atoms with van der Waals surface area (Å²) in [5.41, 5.74) is 1.64. The Morgan fingerprint density at radius 1 is 1.14 bits per heavy atom. The maximum Gasteiger partial charge on any atom is 0.416 e. The lowest BCUT2D eigenvalue weighted by Gasteiger charge is -2.10. The molecule has 0 radical (unpaired) electrons. The van der Waals surface area contributed by atoms with Crippen molar-refractivity contribution in [2.24, 2.45) is 23.2 Å². The van der Waals surface area contributed by atoms with Crippen LogP contribution in [-0.4, -0.2) is 46.6 Å². The van der Waals surface area contributed by atoms with Crippen LogP contribution in [0.25, 0.3) is 27.6 Å². The van der Waals surface area contributed by atoms with Crippen molar-refractivity contribution in [3.8, 4) is 5.69 Å². The van der Waals surface area contributed by atoms with Crippen LogP contribution in [0.3, 0.4) is 0 Å². The maximum atomic E-state index is 13.0. The molecule has 36 heavy (non-hydrogen) atoms. The number of ether oxygens (including phenoxy) is 1. The average molecular weight is 504 g/mol. The number of hydrogen-bond donors (Lipinski definition) is 2. The molecule has 0 saturated carbocycles. The number of aryl methyl sites for hydroxylation is 1. The minimum atomic E-state index is -4.41. The highest BCUT2D eigenvalue weighted by atomic mass is 19.4. The molecule has 12 heteroatoms. The van der Waals surface area contributed by atoms with E-state index >= 15 is 0 Å². The summed E-state index contributed by atoms with van der Waals surface area (Å²) in [5.74, 6) is 4.71. The van der Waals surface area contributed by atoms with E-state index in [4.69, 9.17) is 10.6 Å². The second-order valence-electron chi connectivity index (χ2n) is 8.21. The molecule has 2 aromatic heterocycles. The lowest BCUT2D eigenvalue weighted by atomic mass is 10.1. The number of hydrogen-bond acceptors (Lipinski definition) is 5. The number of rotatable bonds is 10. The van der Waals surface area contributed by atoms with Crippen LogP contribution in [0, 0.1) is 0 Å². The molecule has 0 fully saturated rings. The van der Waals surface area contributed by atoms with Gasteiger partial charge < -0.3 is 15.9 Å². The topological polar surface area (TPSA) is 112 Å². The number of carbonyl (C=O) groups is 1.